The van der Waals surface area contributed by atoms with Crippen LogP contribution in [0.4, 0.5) is 4.79 Å². The van der Waals surface area contributed by atoms with Gasteiger partial charge in [0.05, 0.1) is 0 Å². The number of rotatable bonds is 5. The van der Waals surface area contributed by atoms with E-state index in [4.69, 9.17) is 10.5 Å². The van der Waals surface area contributed by atoms with Gasteiger partial charge >= 0.3 is 12.0 Å². The van der Waals surface area contributed by atoms with Crippen molar-refractivity contribution in [2.45, 2.75) is 26.9 Å². The van der Waals surface area contributed by atoms with Crippen LogP contribution in [0.25, 0.3) is 0 Å². The summed E-state index contributed by atoms with van der Waals surface area (Å²) in [6.45, 7) is 5.18. The minimum absolute atomic E-state index is 0.275. The van der Waals surface area contributed by atoms with Gasteiger partial charge in [0.1, 0.15) is 0 Å². The summed E-state index contributed by atoms with van der Waals surface area (Å²) in [4.78, 5) is 33.5. The minimum Gasteiger partial charge on any atom is -0.449 e. The third-order valence-corrected chi connectivity index (χ3v) is 1.89. The lowest BCUT2D eigenvalue weighted by Crippen LogP contribution is -2.45. The van der Waals surface area contributed by atoms with Crippen LogP contribution in [-0.2, 0) is 14.3 Å². The molecule has 0 aliphatic rings. The first-order valence-corrected chi connectivity index (χ1v) is 5.48. The van der Waals surface area contributed by atoms with E-state index in [0.717, 1.165) is 0 Å². The molecule has 18 heavy (non-hydrogen) atoms. The molecule has 0 spiro atoms. The van der Waals surface area contributed by atoms with Gasteiger partial charge in [-0.25, -0.2) is 9.59 Å². The number of imide groups is 1. The van der Waals surface area contributed by atoms with Crippen molar-refractivity contribution in [2.24, 2.45) is 11.7 Å². The second-order valence-corrected chi connectivity index (χ2v) is 3.84. The maximum absolute atomic E-state index is 11.5. The zero-order chi connectivity index (χ0) is 14.1. The molecule has 3 N–H and O–H groups in total. The molecule has 0 aromatic heterocycles. The number of allylic oxidation sites excluding steroid dienone is 3. The molecule has 0 heterocycles. The van der Waals surface area contributed by atoms with E-state index < -0.39 is 24.0 Å². The van der Waals surface area contributed by atoms with E-state index in [-0.39, 0.29) is 5.92 Å². The fourth-order valence-corrected chi connectivity index (χ4v) is 1.09. The molecular weight excluding hydrogens is 236 g/mol. The quantitative estimate of drug-likeness (QED) is 0.432. The highest BCUT2D eigenvalue weighted by Crippen LogP contribution is 2.07. The third-order valence-electron chi connectivity index (χ3n) is 1.89. The Morgan fingerprint density at radius 2 is 1.83 bits per heavy atom. The third kappa shape index (κ3) is 6.47. The van der Waals surface area contributed by atoms with E-state index in [2.05, 4.69) is 0 Å². The highest BCUT2D eigenvalue weighted by molar-refractivity contribution is 5.97. The number of nitrogens with one attached hydrogen (secondary N) is 1. The highest BCUT2D eigenvalue weighted by Gasteiger charge is 2.26. The summed E-state index contributed by atoms with van der Waals surface area (Å²) < 4.78 is 4.94. The Kier molecular flexibility index (Phi) is 7.11. The lowest BCUT2D eigenvalue weighted by Gasteiger charge is -2.18. The highest BCUT2D eigenvalue weighted by atomic mass is 16.5. The lowest BCUT2D eigenvalue weighted by molar-refractivity contribution is -0.153. The normalized spacial score (nSPS) is 12.9. The van der Waals surface area contributed by atoms with Gasteiger partial charge in [0.25, 0.3) is 5.91 Å². The molecule has 3 amide bonds. The predicted octanol–water partition coefficient (Wildman–Crippen LogP) is 0.881. The number of nitrogens with two attached hydrogens (primary N) is 1. The second kappa shape index (κ2) is 8.05. The number of hydrogen-bond donors (Lipinski definition) is 2. The molecule has 0 unspecified atom stereocenters. The average Bonchev–Trinajstić information content (AvgIpc) is 2.24. The van der Waals surface area contributed by atoms with Gasteiger partial charge in [-0.2, -0.15) is 0 Å². The van der Waals surface area contributed by atoms with Crippen molar-refractivity contribution in [2.75, 3.05) is 0 Å². The van der Waals surface area contributed by atoms with Gasteiger partial charge in [0, 0.05) is 6.08 Å². The number of urea groups is 1. The summed E-state index contributed by atoms with van der Waals surface area (Å²) in [5.41, 5.74) is 4.83. The topological polar surface area (TPSA) is 98.5 Å². The molecule has 0 aliphatic carbocycles. The minimum atomic E-state index is -1.06. The van der Waals surface area contributed by atoms with Crippen LogP contribution in [0.1, 0.15) is 20.8 Å². The van der Waals surface area contributed by atoms with Crippen LogP contribution in [0.5, 0.6) is 0 Å². The molecule has 0 aromatic rings. The van der Waals surface area contributed by atoms with Gasteiger partial charge in [-0.3, -0.25) is 10.1 Å². The molecule has 100 valence electrons. The molecule has 0 saturated heterocycles. The molecular formula is C12H18N2O4. The number of carbonyl (C=O) groups excluding carboxylic acids is 3. The van der Waals surface area contributed by atoms with Crippen molar-refractivity contribution in [3.8, 4) is 0 Å². The molecule has 0 fully saturated rings. The van der Waals surface area contributed by atoms with Crippen molar-refractivity contribution in [3.05, 3.63) is 24.3 Å². The largest absolute Gasteiger partial charge is 0.449 e. The monoisotopic (exact) mass is 254 g/mol. The Morgan fingerprint density at radius 1 is 1.22 bits per heavy atom. The maximum atomic E-state index is 11.5. The van der Waals surface area contributed by atoms with E-state index in [9.17, 15) is 14.4 Å². The van der Waals surface area contributed by atoms with Crippen LogP contribution in [-0.4, -0.2) is 24.0 Å². The van der Waals surface area contributed by atoms with Crippen molar-refractivity contribution in [3.63, 3.8) is 0 Å². The fraction of sp³-hybridized carbons (Fsp3) is 0.417. The van der Waals surface area contributed by atoms with E-state index >= 15 is 0 Å². The molecule has 6 heteroatoms. The van der Waals surface area contributed by atoms with E-state index in [1.165, 1.54) is 12.2 Å². The Labute approximate surface area is 106 Å². The predicted molar refractivity (Wildman–Crippen MR) is 66.4 cm³/mol. The van der Waals surface area contributed by atoms with Crippen molar-refractivity contribution in [1.29, 1.82) is 0 Å². The van der Waals surface area contributed by atoms with Gasteiger partial charge in [0.15, 0.2) is 6.10 Å². The fourth-order valence-electron chi connectivity index (χ4n) is 1.09. The number of amides is 3. The number of ether oxygens (including phenoxy) is 1. The Morgan fingerprint density at radius 3 is 2.28 bits per heavy atom. The summed E-state index contributed by atoms with van der Waals surface area (Å²) >= 11 is 0. The van der Waals surface area contributed by atoms with Gasteiger partial charge in [-0.1, -0.05) is 32.1 Å². The molecule has 0 rings (SSSR count). The van der Waals surface area contributed by atoms with Crippen molar-refractivity contribution in [1.82, 2.24) is 5.32 Å². The molecule has 6 nitrogen and oxygen atoms in total. The van der Waals surface area contributed by atoms with Crippen molar-refractivity contribution >= 4 is 17.9 Å². The second-order valence-electron chi connectivity index (χ2n) is 3.84. The molecule has 0 radical (unpaired) electrons. The zero-order valence-corrected chi connectivity index (χ0v) is 10.7. The smallest absolute Gasteiger partial charge is 0.331 e. The molecule has 0 aromatic carbocycles. The Hall–Kier alpha value is -2.11. The Bertz CT molecular complexity index is 372. The van der Waals surface area contributed by atoms with E-state index in [0.29, 0.717) is 0 Å². The molecule has 1 atom stereocenters. The number of esters is 1. The Balaban J connectivity index is 4.58. The van der Waals surface area contributed by atoms with E-state index in [1.54, 1.807) is 32.9 Å². The molecule has 0 saturated carbocycles. The van der Waals surface area contributed by atoms with E-state index in [1.807, 2.05) is 5.32 Å². The van der Waals surface area contributed by atoms with Gasteiger partial charge in [-0.05, 0) is 12.8 Å². The summed E-state index contributed by atoms with van der Waals surface area (Å²) in [6, 6.07) is -0.980. The summed E-state index contributed by atoms with van der Waals surface area (Å²) in [7, 11) is 0. The first kappa shape index (κ1) is 15.9. The van der Waals surface area contributed by atoms with Gasteiger partial charge in [0.2, 0.25) is 0 Å². The van der Waals surface area contributed by atoms with Crippen LogP contribution in [0.2, 0.25) is 0 Å². The van der Waals surface area contributed by atoms with Crippen LogP contribution in [0.3, 0.4) is 0 Å². The average molecular weight is 254 g/mol. The SMILES string of the molecule is C/C=C/C=C/C(=O)O[C@H](C(=O)NC(N)=O)C(C)C. The lowest BCUT2D eigenvalue weighted by atomic mass is 10.1. The molecule has 0 aliphatic heterocycles. The standard InChI is InChI=1S/C12H18N2O4/c1-4-5-6-7-9(15)18-10(8(2)3)11(16)14-12(13)17/h4-8,10H,1-3H3,(H3,13,14,16,17)/b5-4+,7-6+/t10-/m0/s1. The summed E-state index contributed by atoms with van der Waals surface area (Å²) in [5, 5.41) is 1.88. The number of hydrogen-bond acceptors (Lipinski definition) is 4. The van der Waals surface area contributed by atoms with Gasteiger partial charge in [-0.15, -0.1) is 0 Å². The summed E-state index contributed by atoms with van der Waals surface area (Å²) in [6.07, 6.45) is 5.01. The maximum Gasteiger partial charge on any atom is 0.331 e. The van der Waals surface area contributed by atoms with Crippen LogP contribution < -0.4 is 11.1 Å². The zero-order valence-electron chi connectivity index (χ0n) is 10.7. The van der Waals surface area contributed by atoms with Crippen LogP contribution in [0, 0.1) is 5.92 Å². The van der Waals surface area contributed by atoms with Crippen LogP contribution >= 0.6 is 0 Å². The first-order valence-electron chi connectivity index (χ1n) is 5.48. The van der Waals surface area contributed by atoms with Gasteiger partial charge < -0.3 is 10.5 Å². The molecule has 0 bridgehead atoms. The first-order chi connectivity index (χ1) is 8.38. The number of primary amides is 1. The van der Waals surface area contributed by atoms with Crippen LogP contribution in [0.15, 0.2) is 24.3 Å². The van der Waals surface area contributed by atoms with Crippen molar-refractivity contribution < 1.29 is 19.1 Å². The number of carbonyl (C=O) groups is 3. The summed E-state index contributed by atoms with van der Waals surface area (Å²) in [5.74, 6) is -1.67.